The highest BCUT2D eigenvalue weighted by molar-refractivity contribution is 7.90. The van der Waals surface area contributed by atoms with E-state index in [9.17, 15) is 8.42 Å². The highest BCUT2D eigenvalue weighted by Gasteiger charge is 2.39. The lowest BCUT2D eigenvalue weighted by molar-refractivity contribution is 0.547. The zero-order chi connectivity index (χ0) is 16.3. The van der Waals surface area contributed by atoms with Crippen molar-refractivity contribution in [1.82, 2.24) is 24.9 Å². The highest BCUT2D eigenvalue weighted by Crippen LogP contribution is 2.39. The molecule has 2 saturated carbocycles. The Labute approximate surface area is 139 Å². The van der Waals surface area contributed by atoms with Gasteiger partial charge in [-0.15, -0.1) is 0 Å². The van der Waals surface area contributed by atoms with E-state index in [0.29, 0.717) is 5.92 Å². The fourth-order valence-electron chi connectivity index (χ4n) is 3.91. The molecule has 8 heteroatoms. The first-order valence-corrected chi connectivity index (χ1v) is 9.97. The van der Waals surface area contributed by atoms with Crippen LogP contribution < -0.4 is 4.72 Å². The standard InChI is InChI=1S/C16H19N5O2S/c22-24(23,11-3-4-11)21-10-2-1-9(7-10)15-14-12-5-6-17-16(12)18-8-13(14)19-20-15/h5-6,8-11,19-21H,1-4,7H2/t9-,10+/m0/s1. The Morgan fingerprint density at radius 3 is 2.83 bits per heavy atom. The quantitative estimate of drug-likeness (QED) is 0.674. The van der Waals surface area contributed by atoms with Crippen LogP contribution in [0.2, 0.25) is 0 Å². The van der Waals surface area contributed by atoms with Crippen molar-refractivity contribution in [3.63, 3.8) is 0 Å². The molecule has 0 unspecified atom stereocenters. The molecule has 3 aromatic heterocycles. The molecule has 126 valence electrons. The number of H-pyrrole nitrogens is 2. The summed E-state index contributed by atoms with van der Waals surface area (Å²) >= 11 is 0. The molecule has 2 fully saturated rings. The molecule has 3 aromatic rings. The summed E-state index contributed by atoms with van der Waals surface area (Å²) in [7, 11) is -3.12. The molecule has 0 saturated heterocycles. The number of hydrogen-bond acceptors (Lipinski definition) is 4. The van der Waals surface area contributed by atoms with E-state index < -0.39 is 10.0 Å². The van der Waals surface area contributed by atoms with Crippen molar-refractivity contribution in [2.75, 3.05) is 0 Å². The summed E-state index contributed by atoms with van der Waals surface area (Å²) in [5.74, 6) is 0.311. The summed E-state index contributed by atoms with van der Waals surface area (Å²) in [5, 5.41) is 8.49. The van der Waals surface area contributed by atoms with E-state index in [4.69, 9.17) is 0 Å². The Hall–Kier alpha value is -1.93. The number of sulfonamides is 1. The van der Waals surface area contributed by atoms with E-state index in [0.717, 1.165) is 59.7 Å². The molecular weight excluding hydrogens is 326 g/mol. The van der Waals surface area contributed by atoms with Crippen LogP contribution in [0.3, 0.4) is 0 Å². The van der Waals surface area contributed by atoms with Crippen LogP contribution in [0.15, 0.2) is 18.5 Å². The van der Waals surface area contributed by atoms with Gasteiger partial charge < -0.3 is 5.10 Å². The SMILES string of the molecule is O=S(=O)(N[C@@H]1CC[C@H](c2[nH][nH]c3cnc4nccc4c23)C1)C1CC1. The van der Waals surface area contributed by atoms with Crippen molar-refractivity contribution in [2.45, 2.75) is 49.3 Å². The maximum Gasteiger partial charge on any atom is 0.214 e. The number of rotatable bonds is 4. The first-order valence-electron chi connectivity index (χ1n) is 8.42. The highest BCUT2D eigenvalue weighted by atomic mass is 32.2. The molecule has 0 radical (unpaired) electrons. The van der Waals surface area contributed by atoms with Crippen LogP contribution in [0, 0.1) is 0 Å². The van der Waals surface area contributed by atoms with Crippen molar-refractivity contribution >= 4 is 32.0 Å². The molecule has 2 aliphatic rings. The second-order valence-corrected chi connectivity index (χ2v) is 8.95. The van der Waals surface area contributed by atoms with Crippen LogP contribution in [0.1, 0.15) is 43.7 Å². The lowest BCUT2D eigenvalue weighted by atomic mass is 9.99. The number of fused-ring (bicyclic) bond motifs is 3. The number of pyridine rings is 1. The molecule has 7 nitrogen and oxygen atoms in total. The molecule has 3 heterocycles. The fourth-order valence-corrected chi connectivity index (χ4v) is 5.53. The molecule has 0 spiro atoms. The van der Waals surface area contributed by atoms with Gasteiger partial charge in [0.25, 0.3) is 0 Å². The molecule has 0 aromatic carbocycles. The van der Waals surface area contributed by atoms with Crippen LogP contribution in [0.25, 0.3) is 21.9 Å². The normalized spacial score (nSPS) is 25.0. The van der Waals surface area contributed by atoms with E-state index in [1.165, 1.54) is 0 Å². The Morgan fingerprint density at radius 2 is 2.00 bits per heavy atom. The summed E-state index contributed by atoms with van der Waals surface area (Å²) in [5.41, 5.74) is 2.85. The number of nitrogens with zero attached hydrogens (tertiary/aromatic N) is 2. The van der Waals surface area contributed by atoms with E-state index >= 15 is 0 Å². The minimum absolute atomic E-state index is 0.0362. The minimum Gasteiger partial charge on any atom is -0.304 e. The average molecular weight is 345 g/mol. The zero-order valence-electron chi connectivity index (χ0n) is 13.1. The van der Waals surface area contributed by atoms with Crippen LogP contribution in [-0.4, -0.2) is 39.9 Å². The summed E-state index contributed by atoms with van der Waals surface area (Å²) in [4.78, 5) is 8.62. The first-order chi connectivity index (χ1) is 11.6. The third-order valence-electron chi connectivity index (χ3n) is 5.27. The molecule has 0 amide bonds. The van der Waals surface area contributed by atoms with E-state index in [2.05, 4.69) is 24.9 Å². The minimum atomic E-state index is -3.12. The van der Waals surface area contributed by atoms with Gasteiger partial charge in [-0.3, -0.25) is 5.10 Å². The van der Waals surface area contributed by atoms with Gasteiger partial charge in [0.2, 0.25) is 10.0 Å². The van der Waals surface area contributed by atoms with Gasteiger partial charge >= 0.3 is 0 Å². The zero-order valence-corrected chi connectivity index (χ0v) is 13.9. The smallest absolute Gasteiger partial charge is 0.214 e. The van der Waals surface area contributed by atoms with Crippen LogP contribution in [0.4, 0.5) is 0 Å². The van der Waals surface area contributed by atoms with E-state index in [1.807, 2.05) is 6.07 Å². The summed E-state index contributed by atoms with van der Waals surface area (Å²) in [6, 6.07) is 2.02. The first kappa shape index (κ1) is 14.4. The van der Waals surface area contributed by atoms with Gasteiger partial charge in [0.05, 0.1) is 17.0 Å². The molecule has 0 bridgehead atoms. The van der Waals surface area contributed by atoms with Gasteiger partial charge in [-0.2, -0.15) is 0 Å². The summed E-state index contributed by atoms with van der Waals surface area (Å²) in [6.07, 6.45) is 7.85. The Balaban J connectivity index is 1.45. The molecule has 24 heavy (non-hydrogen) atoms. The van der Waals surface area contributed by atoms with Crippen molar-refractivity contribution < 1.29 is 8.42 Å². The average Bonchev–Trinajstić information content (AvgIpc) is 2.96. The molecular formula is C16H19N5O2S. The van der Waals surface area contributed by atoms with Crippen LogP contribution in [-0.2, 0) is 10.0 Å². The van der Waals surface area contributed by atoms with Crippen molar-refractivity contribution in [1.29, 1.82) is 0 Å². The third-order valence-corrected chi connectivity index (χ3v) is 7.28. The van der Waals surface area contributed by atoms with E-state index in [-0.39, 0.29) is 11.3 Å². The molecule has 5 rings (SSSR count). The van der Waals surface area contributed by atoms with Crippen molar-refractivity contribution in [2.24, 2.45) is 0 Å². The number of hydrogen-bond donors (Lipinski definition) is 3. The van der Waals surface area contributed by atoms with Gasteiger partial charge in [-0.05, 0) is 38.2 Å². The largest absolute Gasteiger partial charge is 0.304 e. The second kappa shape index (κ2) is 5.03. The lowest BCUT2D eigenvalue weighted by Crippen LogP contribution is -2.35. The number of nitrogens with one attached hydrogen (secondary N) is 3. The Kier molecular flexibility index (Phi) is 3.02. The van der Waals surface area contributed by atoms with Crippen molar-refractivity contribution in [3.05, 3.63) is 24.2 Å². The van der Waals surface area contributed by atoms with Crippen LogP contribution in [0.5, 0.6) is 0 Å². The number of aromatic nitrogens is 4. The number of aromatic amines is 2. The topological polar surface area (TPSA) is 104 Å². The predicted octanol–water partition coefficient (Wildman–Crippen LogP) is 2.16. The maximum atomic E-state index is 12.2. The van der Waals surface area contributed by atoms with Gasteiger partial charge in [0.1, 0.15) is 0 Å². The van der Waals surface area contributed by atoms with Crippen LogP contribution >= 0.6 is 0 Å². The molecule has 2 aliphatic carbocycles. The van der Waals surface area contributed by atoms with Gasteiger partial charge in [0.15, 0.2) is 5.65 Å². The molecule has 3 N–H and O–H groups in total. The van der Waals surface area contributed by atoms with Gasteiger partial charge in [-0.1, -0.05) is 0 Å². The van der Waals surface area contributed by atoms with Gasteiger partial charge in [0, 0.05) is 34.6 Å². The summed E-state index contributed by atoms with van der Waals surface area (Å²) < 4.78 is 27.2. The molecule has 0 aliphatic heterocycles. The fraction of sp³-hybridized carbons (Fsp3) is 0.500. The van der Waals surface area contributed by atoms with Gasteiger partial charge in [-0.25, -0.2) is 23.1 Å². The predicted molar refractivity (Wildman–Crippen MR) is 91.2 cm³/mol. The second-order valence-electron chi connectivity index (χ2n) is 6.96. The third kappa shape index (κ3) is 2.24. The van der Waals surface area contributed by atoms with E-state index in [1.54, 1.807) is 12.4 Å². The lowest BCUT2D eigenvalue weighted by Gasteiger charge is -2.13. The summed E-state index contributed by atoms with van der Waals surface area (Å²) in [6.45, 7) is 0. The maximum absolute atomic E-state index is 12.2. The Bertz CT molecular complexity index is 1020. The molecule has 2 atom stereocenters. The monoisotopic (exact) mass is 345 g/mol. The van der Waals surface area contributed by atoms with Crippen molar-refractivity contribution in [3.8, 4) is 0 Å². The Morgan fingerprint density at radius 1 is 1.12 bits per heavy atom.